The molecular weight excluding hydrogens is 844 g/mol. The summed E-state index contributed by atoms with van der Waals surface area (Å²) < 4.78 is 51.7. The van der Waals surface area contributed by atoms with Crippen LogP contribution in [0.25, 0.3) is 0 Å². The maximum atomic E-state index is 13.0. The average molecular weight is 882 g/mol. The molecule has 0 aromatic heterocycles. The standard InChI is InChI=1S/C14H10ClF3N2OS.C13H11ClN2OS.C12H17FN2OS/c15-9-5-3-7-11(12(9)21)20-13(22)19-10-6-2-1-4-8(10)14(16,17)18;14-10-7-4-8-11(12(10)17)16-13(18)15-9-5-2-1-3-6-9;1-2-3-4-8-14-12(17)15-10-7-5-6-9(13)11(10)16/h1-7,21H,(H2,19,20,22);1-8,17H,(H2,15,16,18);5-7,16H,2-4,8H2,1H3,(H2,14,15,17). The first kappa shape index (κ1) is 46.3. The highest BCUT2D eigenvalue weighted by atomic mass is 35.5. The molecule has 0 radical (unpaired) electrons. The molecule has 57 heavy (non-hydrogen) atoms. The van der Waals surface area contributed by atoms with Crippen molar-refractivity contribution in [2.45, 2.75) is 32.4 Å². The first-order valence-corrected chi connectivity index (χ1v) is 18.9. The van der Waals surface area contributed by atoms with Gasteiger partial charge in [0.2, 0.25) is 0 Å². The average Bonchev–Trinajstić information content (AvgIpc) is 3.16. The summed E-state index contributed by atoms with van der Waals surface area (Å²) in [7, 11) is 0. The Balaban J connectivity index is 0.000000231. The number of phenolic OH excluding ortho intramolecular Hbond substituents is 3. The van der Waals surface area contributed by atoms with Crippen molar-refractivity contribution in [1.29, 1.82) is 0 Å². The van der Waals surface area contributed by atoms with Gasteiger partial charge in [0.15, 0.2) is 38.4 Å². The molecule has 0 fully saturated rings. The highest BCUT2D eigenvalue weighted by Crippen LogP contribution is 2.36. The second-order valence-corrected chi connectivity index (χ2v) is 13.6. The van der Waals surface area contributed by atoms with Crippen LogP contribution in [0.1, 0.15) is 31.7 Å². The van der Waals surface area contributed by atoms with Gasteiger partial charge in [-0.05, 0) is 104 Å². The second-order valence-electron chi connectivity index (χ2n) is 11.6. The lowest BCUT2D eigenvalue weighted by molar-refractivity contribution is -0.136. The Morgan fingerprint density at radius 1 is 0.561 bits per heavy atom. The predicted octanol–water partition coefficient (Wildman–Crippen LogP) is 11.7. The van der Waals surface area contributed by atoms with Gasteiger partial charge < -0.3 is 47.2 Å². The first-order chi connectivity index (χ1) is 27.1. The summed E-state index contributed by atoms with van der Waals surface area (Å²) in [5.41, 5.74) is 0.781. The molecule has 0 bridgehead atoms. The summed E-state index contributed by atoms with van der Waals surface area (Å²) in [5.74, 6) is -1.33. The van der Waals surface area contributed by atoms with Crippen LogP contribution in [0, 0.1) is 5.82 Å². The summed E-state index contributed by atoms with van der Waals surface area (Å²) >= 11 is 26.7. The number of aromatic hydroxyl groups is 3. The molecule has 18 heteroatoms. The molecule has 5 aromatic rings. The lowest BCUT2D eigenvalue weighted by atomic mass is 10.1. The molecule has 0 aliphatic carbocycles. The van der Waals surface area contributed by atoms with Gasteiger partial charge in [-0.2, -0.15) is 13.2 Å². The molecule has 0 aliphatic rings. The van der Waals surface area contributed by atoms with Crippen LogP contribution in [0.4, 0.5) is 46.0 Å². The van der Waals surface area contributed by atoms with E-state index < -0.39 is 23.3 Å². The first-order valence-electron chi connectivity index (χ1n) is 16.9. The predicted molar refractivity (Wildman–Crippen MR) is 236 cm³/mol. The van der Waals surface area contributed by atoms with Crippen LogP contribution in [0.3, 0.4) is 0 Å². The Labute approximate surface area is 353 Å². The maximum absolute atomic E-state index is 13.0. The molecule has 302 valence electrons. The third-order valence-corrected chi connectivity index (χ3v) is 8.55. The highest BCUT2D eigenvalue weighted by molar-refractivity contribution is 7.81. The number of para-hydroxylation sites is 5. The zero-order valence-corrected chi connectivity index (χ0v) is 34.0. The fraction of sp³-hybridized carbons (Fsp3) is 0.154. The quantitative estimate of drug-likeness (QED) is 0.0302. The van der Waals surface area contributed by atoms with Crippen LogP contribution < -0.4 is 31.9 Å². The number of benzene rings is 5. The lowest BCUT2D eigenvalue weighted by Crippen LogP contribution is -2.29. The smallest absolute Gasteiger partial charge is 0.418 e. The fourth-order valence-electron chi connectivity index (χ4n) is 4.51. The molecule has 0 heterocycles. The van der Waals surface area contributed by atoms with Gasteiger partial charge in [-0.25, -0.2) is 4.39 Å². The number of anilines is 5. The van der Waals surface area contributed by atoms with Gasteiger partial charge in [0.05, 0.1) is 38.4 Å². The topological polar surface area (TPSA) is 133 Å². The van der Waals surface area contributed by atoms with Crippen LogP contribution in [0.5, 0.6) is 17.2 Å². The maximum Gasteiger partial charge on any atom is 0.418 e. The van der Waals surface area contributed by atoms with E-state index in [0.29, 0.717) is 15.9 Å². The van der Waals surface area contributed by atoms with Gasteiger partial charge in [-0.1, -0.05) is 91.5 Å². The van der Waals surface area contributed by atoms with Crippen LogP contribution in [-0.2, 0) is 6.18 Å². The number of rotatable bonds is 9. The van der Waals surface area contributed by atoms with E-state index >= 15 is 0 Å². The molecule has 0 spiro atoms. The van der Waals surface area contributed by atoms with Gasteiger partial charge in [0.25, 0.3) is 0 Å². The van der Waals surface area contributed by atoms with E-state index in [4.69, 9.17) is 59.9 Å². The Bertz CT molecular complexity index is 2120. The Morgan fingerprint density at radius 2 is 1.02 bits per heavy atom. The number of halogens is 6. The molecule has 5 aromatic carbocycles. The highest BCUT2D eigenvalue weighted by Gasteiger charge is 2.33. The fourth-order valence-corrected chi connectivity index (χ4v) is 5.52. The monoisotopic (exact) mass is 880 g/mol. The number of thiocarbonyl (C=S) groups is 3. The van der Waals surface area contributed by atoms with Crippen molar-refractivity contribution in [2.24, 2.45) is 0 Å². The van der Waals surface area contributed by atoms with Crippen LogP contribution >= 0.6 is 59.9 Å². The Morgan fingerprint density at radius 3 is 1.58 bits per heavy atom. The SMILES string of the molecule is CCCCCNC(=S)Nc1cccc(F)c1O.Oc1c(Cl)cccc1NC(=S)Nc1ccccc1.Oc1c(Cl)cccc1NC(=S)Nc1ccccc1C(F)(F)F. The molecular formula is C39H38Cl2F4N6O3S3. The van der Waals surface area contributed by atoms with Crippen molar-refractivity contribution in [3.63, 3.8) is 0 Å². The van der Waals surface area contributed by atoms with Gasteiger partial charge in [0.1, 0.15) is 0 Å². The summed E-state index contributed by atoms with van der Waals surface area (Å²) in [4.78, 5) is 0. The third-order valence-electron chi connectivity index (χ3n) is 7.28. The summed E-state index contributed by atoms with van der Waals surface area (Å²) in [5, 5.41) is 46.7. The van der Waals surface area contributed by atoms with Crippen LogP contribution in [0.2, 0.25) is 10.0 Å². The van der Waals surface area contributed by atoms with E-state index in [1.54, 1.807) is 30.3 Å². The van der Waals surface area contributed by atoms with Gasteiger partial charge in [0, 0.05) is 12.2 Å². The number of alkyl halides is 3. The van der Waals surface area contributed by atoms with Gasteiger partial charge in [-0.15, -0.1) is 0 Å². The van der Waals surface area contributed by atoms with Crippen LogP contribution in [-0.4, -0.2) is 37.2 Å². The second kappa shape index (κ2) is 23.2. The van der Waals surface area contributed by atoms with E-state index in [1.807, 2.05) is 30.3 Å². The minimum Gasteiger partial charge on any atom is -0.504 e. The Kier molecular flexibility index (Phi) is 18.8. The van der Waals surface area contributed by atoms with Crippen molar-refractivity contribution < 1.29 is 32.9 Å². The van der Waals surface area contributed by atoms with Crippen molar-refractivity contribution in [3.05, 3.63) is 131 Å². The molecule has 0 unspecified atom stereocenters. The zero-order chi connectivity index (χ0) is 42.0. The molecule has 0 saturated carbocycles. The number of unbranched alkanes of at least 4 members (excludes halogenated alkanes) is 2. The number of hydrogen-bond acceptors (Lipinski definition) is 6. The Hall–Kier alpha value is -5.13. The summed E-state index contributed by atoms with van der Waals surface area (Å²) in [6.45, 7) is 2.90. The van der Waals surface area contributed by atoms with E-state index in [-0.39, 0.29) is 43.7 Å². The third kappa shape index (κ3) is 15.7. The number of phenols is 3. The minimum absolute atomic E-state index is 0.0172. The molecule has 0 aliphatic heterocycles. The van der Waals surface area contributed by atoms with Gasteiger partial charge in [-0.3, -0.25) is 0 Å². The largest absolute Gasteiger partial charge is 0.504 e. The van der Waals surface area contributed by atoms with Crippen LogP contribution in [0.15, 0.2) is 109 Å². The molecule has 0 amide bonds. The number of hydrogen-bond donors (Lipinski definition) is 9. The van der Waals surface area contributed by atoms with E-state index in [2.05, 4.69) is 38.8 Å². The normalized spacial score (nSPS) is 10.4. The zero-order valence-electron chi connectivity index (χ0n) is 30.1. The van der Waals surface area contributed by atoms with Crippen molar-refractivity contribution >= 4 is 104 Å². The van der Waals surface area contributed by atoms with Crippen molar-refractivity contribution in [1.82, 2.24) is 5.32 Å². The lowest BCUT2D eigenvalue weighted by Gasteiger charge is -2.16. The summed E-state index contributed by atoms with van der Waals surface area (Å²) in [6.07, 6.45) is -1.18. The minimum atomic E-state index is -4.50. The van der Waals surface area contributed by atoms with E-state index in [9.17, 15) is 32.9 Å². The van der Waals surface area contributed by atoms with Crippen molar-refractivity contribution in [2.75, 3.05) is 33.1 Å². The van der Waals surface area contributed by atoms with Crippen molar-refractivity contribution in [3.8, 4) is 17.2 Å². The van der Waals surface area contributed by atoms with Gasteiger partial charge >= 0.3 is 6.18 Å². The molecule has 9 nitrogen and oxygen atoms in total. The summed E-state index contributed by atoms with van der Waals surface area (Å²) in [6, 6.07) is 28.3. The molecule has 0 atom stereocenters. The molecule has 0 saturated heterocycles. The van der Waals surface area contributed by atoms with E-state index in [1.165, 1.54) is 42.5 Å². The van der Waals surface area contributed by atoms with E-state index in [0.717, 1.165) is 37.6 Å². The molecule has 5 rings (SSSR count). The number of nitrogens with one attached hydrogen (secondary N) is 6. The molecule has 9 N–H and O–H groups in total.